The van der Waals surface area contributed by atoms with Gasteiger partial charge in [-0.25, -0.2) is 0 Å². The second-order valence-corrected chi connectivity index (χ2v) is 5.16. The summed E-state index contributed by atoms with van der Waals surface area (Å²) in [4.78, 5) is 3.22. The van der Waals surface area contributed by atoms with Crippen LogP contribution in [0.5, 0.6) is 0 Å². The van der Waals surface area contributed by atoms with Crippen molar-refractivity contribution in [3.8, 4) is 0 Å². The lowest BCUT2D eigenvalue weighted by Gasteiger charge is -2.24. The molecule has 0 spiro atoms. The van der Waals surface area contributed by atoms with Crippen LogP contribution in [0.15, 0.2) is 18.2 Å². The zero-order chi connectivity index (χ0) is 11.8. The fraction of sp³-hybridized carbons (Fsp3) is 0.417. The number of hydrogen-bond acceptors (Lipinski definition) is 2. The first-order chi connectivity index (χ1) is 8.25. The Morgan fingerprint density at radius 3 is 3.12 bits per heavy atom. The maximum atomic E-state index is 6.05. The Kier molecular flexibility index (Phi) is 2.94. The molecule has 90 valence electrons. The summed E-state index contributed by atoms with van der Waals surface area (Å²) in [5.41, 5.74) is 2.10. The highest BCUT2D eigenvalue weighted by molar-refractivity contribution is 7.71. The summed E-state index contributed by atoms with van der Waals surface area (Å²) < 4.78 is 8.41. The number of halogens is 1. The van der Waals surface area contributed by atoms with Gasteiger partial charge in [-0.05, 0) is 43.3 Å². The van der Waals surface area contributed by atoms with Gasteiger partial charge in [-0.3, -0.25) is 0 Å². The third-order valence-electron chi connectivity index (χ3n) is 3.18. The minimum atomic E-state index is 0.323. The lowest BCUT2D eigenvalue weighted by molar-refractivity contribution is 0.0600. The van der Waals surface area contributed by atoms with Gasteiger partial charge in [0.2, 0.25) is 0 Å². The second kappa shape index (κ2) is 4.44. The molecule has 1 aromatic heterocycles. The third-order valence-corrected chi connectivity index (χ3v) is 3.71. The van der Waals surface area contributed by atoms with Crippen LogP contribution in [0.25, 0.3) is 11.0 Å². The summed E-state index contributed by atoms with van der Waals surface area (Å²) in [6.07, 6.45) is 2.19. The molecule has 0 bridgehead atoms. The predicted octanol–water partition coefficient (Wildman–Crippen LogP) is 3.70. The second-order valence-electron chi connectivity index (χ2n) is 4.33. The van der Waals surface area contributed by atoms with Crippen molar-refractivity contribution in [1.82, 2.24) is 9.55 Å². The van der Waals surface area contributed by atoms with Crippen molar-refractivity contribution in [1.29, 1.82) is 0 Å². The first-order valence-corrected chi connectivity index (χ1v) is 6.52. The summed E-state index contributed by atoms with van der Waals surface area (Å²) in [6, 6.07) is 6.12. The molecular weight excluding hydrogens is 256 g/mol. The van der Waals surface area contributed by atoms with Crippen LogP contribution in [-0.4, -0.2) is 22.8 Å². The van der Waals surface area contributed by atoms with Crippen LogP contribution in [0.3, 0.4) is 0 Å². The summed E-state index contributed by atoms with van der Waals surface area (Å²) in [5, 5.41) is 0.733. The number of benzene rings is 1. The Bertz CT molecular complexity index is 598. The summed E-state index contributed by atoms with van der Waals surface area (Å²) in [6.45, 7) is 1.58. The Balaban J connectivity index is 2.16. The number of hydrogen-bond donors (Lipinski definition) is 1. The van der Waals surface area contributed by atoms with Crippen molar-refractivity contribution in [3.05, 3.63) is 28.0 Å². The van der Waals surface area contributed by atoms with Crippen molar-refractivity contribution >= 4 is 34.9 Å². The molecule has 0 saturated carbocycles. The van der Waals surface area contributed by atoms with Crippen LogP contribution < -0.4 is 0 Å². The SMILES string of the molecule is S=c1[nH]c2ccc(Cl)cc2n1C1CCCOC1. The van der Waals surface area contributed by atoms with Crippen molar-refractivity contribution < 1.29 is 4.74 Å². The van der Waals surface area contributed by atoms with Gasteiger partial charge in [-0.2, -0.15) is 0 Å². The van der Waals surface area contributed by atoms with Gasteiger partial charge in [0.05, 0.1) is 23.7 Å². The Morgan fingerprint density at radius 2 is 2.35 bits per heavy atom. The summed E-state index contributed by atoms with van der Waals surface area (Å²) in [7, 11) is 0. The molecule has 1 N–H and O–H groups in total. The van der Waals surface area contributed by atoms with Crippen LogP contribution in [0.1, 0.15) is 18.9 Å². The zero-order valence-corrected chi connectivity index (χ0v) is 10.9. The van der Waals surface area contributed by atoms with E-state index in [0.29, 0.717) is 6.04 Å². The molecule has 3 nitrogen and oxygen atoms in total. The molecule has 0 radical (unpaired) electrons. The average molecular weight is 269 g/mol. The van der Waals surface area contributed by atoms with Crippen LogP contribution in [0.2, 0.25) is 5.02 Å². The number of nitrogens with zero attached hydrogens (tertiary/aromatic N) is 1. The molecule has 1 fully saturated rings. The van der Waals surface area contributed by atoms with Crippen LogP contribution in [-0.2, 0) is 4.74 Å². The van der Waals surface area contributed by atoms with Gasteiger partial charge in [-0.1, -0.05) is 11.6 Å². The number of aromatic nitrogens is 2. The van der Waals surface area contributed by atoms with Gasteiger partial charge in [0, 0.05) is 11.6 Å². The highest BCUT2D eigenvalue weighted by Gasteiger charge is 2.18. The third kappa shape index (κ3) is 2.01. The Labute approximate surface area is 109 Å². The van der Waals surface area contributed by atoms with E-state index in [4.69, 9.17) is 28.6 Å². The van der Waals surface area contributed by atoms with E-state index in [2.05, 4.69) is 9.55 Å². The first-order valence-electron chi connectivity index (χ1n) is 5.73. The van der Waals surface area contributed by atoms with Gasteiger partial charge in [0.1, 0.15) is 0 Å². The maximum Gasteiger partial charge on any atom is 0.178 e. The highest BCUT2D eigenvalue weighted by atomic mass is 35.5. The summed E-state index contributed by atoms with van der Waals surface area (Å²) in [5.74, 6) is 0. The van der Waals surface area contributed by atoms with E-state index in [1.807, 2.05) is 18.2 Å². The van der Waals surface area contributed by atoms with E-state index in [9.17, 15) is 0 Å². The smallest absolute Gasteiger partial charge is 0.178 e. The number of ether oxygens (including phenoxy) is 1. The number of imidazole rings is 1. The fourth-order valence-electron chi connectivity index (χ4n) is 2.38. The lowest BCUT2D eigenvalue weighted by atomic mass is 10.1. The molecule has 2 aromatic rings. The van der Waals surface area contributed by atoms with Gasteiger partial charge >= 0.3 is 0 Å². The van der Waals surface area contributed by atoms with E-state index >= 15 is 0 Å². The minimum Gasteiger partial charge on any atom is -0.379 e. The number of H-pyrrole nitrogens is 1. The fourth-order valence-corrected chi connectivity index (χ4v) is 2.91. The van der Waals surface area contributed by atoms with E-state index in [1.54, 1.807) is 0 Å². The molecule has 17 heavy (non-hydrogen) atoms. The molecule has 0 aliphatic carbocycles. The number of rotatable bonds is 1. The molecule has 1 aliphatic rings. The Morgan fingerprint density at radius 1 is 1.47 bits per heavy atom. The zero-order valence-electron chi connectivity index (χ0n) is 9.28. The molecule has 1 aliphatic heterocycles. The van der Waals surface area contributed by atoms with E-state index in [1.165, 1.54) is 0 Å². The number of nitrogens with one attached hydrogen (secondary N) is 1. The maximum absolute atomic E-state index is 6.05. The first kappa shape index (κ1) is 11.3. The molecular formula is C12H13ClN2OS. The number of aromatic amines is 1. The molecule has 2 heterocycles. The number of fused-ring (bicyclic) bond motifs is 1. The summed E-state index contributed by atoms with van der Waals surface area (Å²) >= 11 is 11.4. The van der Waals surface area contributed by atoms with Gasteiger partial charge in [-0.15, -0.1) is 0 Å². The van der Waals surface area contributed by atoms with E-state index < -0.39 is 0 Å². The van der Waals surface area contributed by atoms with E-state index in [0.717, 1.165) is 46.9 Å². The van der Waals surface area contributed by atoms with Crippen LogP contribution >= 0.6 is 23.8 Å². The molecule has 3 rings (SSSR count). The van der Waals surface area contributed by atoms with Crippen molar-refractivity contribution in [2.75, 3.05) is 13.2 Å². The molecule has 5 heteroatoms. The van der Waals surface area contributed by atoms with Crippen LogP contribution in [0, 0.1) is 4.77 Å². The molecule has 1 aromatic carbocycles. The highest BCUT2D eigenvalue weighted by Crippen LogP contribution is 2.27. The van der Waals surface area contributed by atoms with Gasteiger partial charge < -0.3 is 14.3 Å². The lowest BCUT2D eigenvalue weighted by Crippen LogP contribution is -2.21. The van der Waals surface area contributed by atoms with Gasteiger partial charge in [0.15, 0.2) is 4.77 Å². The van der Waals surface area contributed by atoms with Gasteiger partial charge in [0.25, 0.3) is 0 Å². The quantitative estimate of drug-likeness (QED) is 0.799. The largest absolute Gasteiger partial charge is 0.379 e. The van der Waals surface area contributed by atoms with E-state index in [-0.39, 0.29) is 0 Å². The predicted molar refractivity (Wildman–Crippen MR) is 71.2 cm³/mol. The Hall–Kier alpha value is -0.840. The van der Waals surface area contributed by atoms with Crippen molar-refractivity contribution in [2.45, 2.75) is 18.9 Å². The molecule has 1 unspecified atom stereocenters. The average Bonchev–Trinajstić information content (AvgIpc) is 2.65. The van der Waals surface area contributed by atoms with Crippen molar-refractivity contribution in [3.63, 3.8) is 0 Å². The molecule has 1 saturated heterocycles. The normalized spacial score (nSPS) is 20.9. The van der Waals surface area contributed by atoms with Crippen LogP contribution in [0.4, 0.5) is 0 Å². The minimum absolute atomic E-state index is 0.323. The monoisotopic (exact) mass is 268 g/mol. The topological polar surface area (TPSA) is 29.9 Å². The molecule has 1 atom stereocenters. The standard InChI is InChI=1S/C12H13ClN2OS/c13-8-3-4-10-11(6-8)15(12(17)14-10)9-2-1-5-16-7-9/h3-4,6,9H,1-2,5,7H2,(H,14,17). The molecule has 0 amide bonds. The van der Waals surface area contributed by atoms with Crippen molar-refractivity contribution in [2.24, 2.45) is 0 Å².